The van der Waals surface area contributed by atoms with Crippen molar-refractivity contribution in [2.75, 3.05) is 4.90 Å². The number of nitrogens with zero attached hydrogens (tertiary/aromatic N) is 7. The Hall–Kier alpha value is -6.61. The van der Waals surface area contributed by atoms with Gasteiger partial charge in [-0.3, -0.25) is 0 Å². The van der Waals surface area contributed by atoms with E-state index < -0.39 is 0 Å². The maximum atomic E-state index is 7.81. The average Bonchev–Trinajstić information content (AvgIpc) is 3.78. The third-order valence-corrected chi connectivity index (χ3v) is 10.1. The smallest absolute Gasteiger partial charge is 0.352 e. The molecule has 10 aromatic rings. The standard InChI is InChI=1S/C46H29N7.Pt/c1-29-12-11-13-30(2)44(29)46-50-49-45-39-27-33(20-22-35(39)38-26-31(47-3)19-24-41(38)53(45)46)51(32-14-5-4-6-15-32)34-21-23-37-36-16-7-8-17-40(36)52(42(37)28-34)43-18-9-10-25-48-43;/h4-26H,1-2H3;/q-2;+2. The van der Waals surface area contributed by atoms with Crippen molar-refractivity contribution >= 4 is 71.9 Å². The molecule has 0 amide bonds. The van der Waals surface area contributed by atoms with Crippen molar-refractivity contribution in [3.05, 3.63) is 174 Å². The third-order valence-electron chi connectivity index (χ3n) is 10.1. The van der Waals surface area contributed by atoms with Crippen molar-refractivity contribution in [1.29, 1.82) is 0 Å². The van der Waals surface area contributed by atoms with Crippen LogP contribution in [0.15, 0.2) is 140 Å². The van der Waals surface area contributed by atoms with Crippen molar-refractivity contribution in [2.24, 2.45) is 0 Å². The number of aromatic nitrogens is 5. The zero-order chi connectivity index (χ0) is 35.6. The fraction of sp³-hybridized carbons (Fsp3) is 0.0435. The maximum Gasteiger partial charge on any atom is 2.00 e. The SMILES string of the molecule is [C-]#[N+]c1ccc2c(c1)c1ccc(N(c3[c-]c4c(cc3)c3ccccc3n4-c3ccccn3)c3ccccc3)[c-]c1c1nnc(-c3c(C)cccc3C)n21.[Pt+2]. The van der Waals surface area contributed by atoms with Crippen LogP contribution in [0.25, 0.3) is 71.2 Å². The molecule has 0 bridgehead atoms. The molecule has 0 fully saturated rings. The monoisotopic (exact) mass is 874 g/mol. The fourth-order valence-electron chi connectivity index (χ4n) is 7.74. The molecule has 0 saturated heterocycles. The first-order chi connectivity index (χ1) is 26.1. The Kier molecular flexibility index (Phi) is 8.07. The summed E-state index contributed by atoms with van der Waals surface area (Å²) in [5, 5.41) is 14.6. The van der Waals surface area contributed by atoms with Crippen molar-refractivity contribution < 1.29 is 21.1 Å². The van der Waals surface area contributed by atoms with Crippen molar-refractivity contribution in [3.63, 3.8) is 0 Å². The predicted molar refractivity (Wildman–Crippen MR) is 214 cm³/mol. The molecule has 4 heterocycles. The van der Waals surface area contributed by atoms with Crippen LogP contribution in [0.2, 0.25) is 0 Å². The van der Waals surface area contributed by atoms with Crippen LogP contribution in [0.5, 0.6) is 0 Å². The normalized spacial score (nSPS) is 11.4. The first-order valence-corrected chi connectivity index (χ1v) is 17.4. The number of rotatable bonds is 5. The van der Waals surface area contributed by atoms with Crippen LogP contribution in [-0.4, -0.2) is 24.1 Å². The molecule has 4 aromatic heterocycles. The third kappa shape index (κ3) is 5.10. The van der Waals surface area contributed by atoms with E-state index in [0.29, 0.717) is 11.3 Å². The molecule has 54 heavy (non-hydrogen) atoms. The summed E-state index contributed by atoms with van der Waals surface area (Å²) in [7, 11) is 0. The molecule has 0 spiro atoms. The van der Waals surface area contributed by atoms with Crippen molar-refractivity contribution in [1.82, 2.24) is 24.1 Å². The molecule has 6 aromatic carbocycles. The zero-order valence-electron chi connectivity index (χ0n) is 29.2. The second-order valence-corrected chi connectivity index (χ2v) is 13.2. The molecule has 0 unspecified atom stereocenters. The Morgan fingerprint density at radius 1 is 0.648 bits per heavy atom. The number of anilines is 3. The molecule has 0 atom stereocenters. The molecular weight excluding hydrogens is 846 g/mol. The van der Waals surface area contributed by atoms with E-state index in [0.717, 1.165) is 88.9 Å². The largest absolute Gasteiger partial charge is 2.00 e. The molecule has 0 radical (unpaired) electrons. The topological polar surface area (TPSA) is 55.6 Å². The average molecular weight is 875 g/mol. The van der Waals surface area contributed by atoms with E-state index in [1.54, 1.807) is 0 Å². The summed E-state index contributed by atoms with van der Waals surface area (Å²) in [6.07, 6.45) is 1.82. The quantitative estimate of drug-likeness (QED) is 0.128. The summed E-state index contributed by atoms with van der Waals surface area (Å²) in [5.41, 5.74) is 10.1. The summed E-state index contributed by atoms with van der Waals surface area (Å²) >= 11 is 0. The molecule has 0 saturated carbocycles. The second-order valence-electron chi connectivity index (χ2n) is 13.2. The van der Waals surface area contributed by atoms with Crippen LogP contribution in [0.3, 0.4) is 0 Å². The van der Waals surface area contributed by atoms with Crippen molar-refractivity contribution in [2.45, 2.75) is 13.8 Å². The van der Waals surface area contributed by atoms with Gasteiger partial charge in [-0.1, -0.05) is 94.8 Å². The van der Waals surface area contributed by atoms with E-state index in [1.165, 1.54) is 0 Å². The van der Waals surface area contributed by atoms with Gasteiger partial charge in [0.2, 0.25) is 0 Å². The number of fused-ring (bicyclic) bond motifs is 9. The fourth-order valence-corrected chi connectivity index (χ4v) is 7.74. The van der Waals surface area contributed by atoms with Crippen LogP contribution in [0, 0.1) is 32.6 Å². The number of hydrogen-bond acceptors (Lipinski definition) is 4. The summed E-state index contributed by atoms with van der Waals surface area (Å²) < 4.78 is 4.30. The zero-order valence-corrected chi connectivity index (χ0v) is 31.5. The number of benzene rings is 6. The Balaban J connectivity index is 0.00000384. The number of pyridine rings is 2. The summed E-state index contributed by atoms with van der Waals surface area (Å²) in [6.45, 7) is 12.0. The summed E-state index contributed by atoms with van der Waals surface area (Å²) in [4.78, 5) is 10.7. The first-order valence-electron chi connectivity index (χ1n) is 17.4. The van der Waals surface area contributed by atoms with E-state index in [2.05, 4.69) is 124 Å². The minimum Gasteiger partial charge on any atom is -0.352 e. The Bertz CT molecular complexity index is 3080. The van der Waals surface area contributed by atoms with Gasteiger partial charge in [0.1, 0.15) is 5.82 Å². The number of para-hydroxylation sites is 2. The van der Waals surface area contributed by atoms with Gasteiger partial charge in [0, 0.05) is 28.5 Å². The van der Waals surface area contributed by atoms with E-state index >= 15 is 0 Å². The van der Waals surface area contributed by atoms with Crippen LogP contribution in [0.4, 0.5) is 22.7 Å². The van der Waals surface area contributed by atoms with Gasteiger partial charge in [-0.2, -0.15) is 11.2 Å². The van der Waals surface area contributed by atoms with Gasteiger partial charge in [-0.15, -0.1) is 40.8 Å². The molecule has 7 nitrogen and oxygen atoms in total. The van der Waals surface area contributed by atoms with Gasteiger partial charge < -0.3 is 13.9 Å². The van der Waals surface area contributed by atoms with E-state index in [1.807, 2.05) is 60.8 Å². The Labute approximate surface area is 325 Å². The van der Waals surface area contributed by atoms with Crippen LogP contribution in [0.1, 0.15) is 11.1 Å². The van der Waals surface area contributed by atoms with E-state index in [4.69, 9.17) is 21.8 Å². The van der Waals surface area contributed by atoms with Gasteiger partial charge in [-0.05, 0) is 77.8 Å². The van der Waals surface area contributed by atoms with Gasteiger partial charge in [0.05, 0.1) is 12.2 Å². The molecule has 0 aliphatic rings. The van der Waals surface area contributed by atoms with Crippen LogP contribution >= 0.6 is 0 Å². The van der Waals surface area contributed by atoms with Crippen molar-refractivity contribution in [3.8, 4) is 17.2 Å². The van der Waals surface area contributed by atoms with E-state index in [-0.39, 0.29) is 21.1 Å². The van der Waals surface area contributed by atoms with Gasteiger partial charge in [-0.25, -0.2) is 9.83 Å². The van der Waals surface area contributed by atoms with Gasteiger partial charge in [0.15, 0.2) is 11.5 Å². The second kappa shape index (κ2) is 13.1. The summed E-state index contributed by atoms with van der Waals surface area (Å²) in [6, 6.07) is 52.9. The molecule has 8 heteroatoms. The minimum atomic E-state index is 0. The van der Waals surface area contributed by atoms with E-state index in [9.17, 15) is 0 Å². The van der Waals surface area contributed by atoms with Gasteiger partial charge >= 0.3 is 21.1 Å². The first kappa shape index (κ1) is 33.2. The predicted octanol–water partition coefficient (Wildman–Crippen LogP) is 11.4. The number of hydrogen-bond donors (Lipinski definition) is 0. The molecule has 10 rings (SSSR count). The summed E-state index contributed by atoms with van der Waals surface area (Å²) in [5.74, 6) is 1.59. The Morgan fingerprint density at radius 3 is 2.17 bits per heavy atom. The number of aryl methyl sites for hydroxylation is 2. The maximum absolute atomic E-state index is 7.81. The molecule has 258 valence electrons. The van der Waals surface area contributed by atoms with Gasteiger partial charge in [0.25, 0.3) is 0 Å². The molecule has 0 N–H and O–H groups in total. The molecule has 0 aliphatic heterocycles. The Morgan fingerprint density at radius 2 is 1.39 bits per heavy atom. The minimum absolute atomic E-state index is 0. The van der Waals surface area contributed by atoms with Crippen LogP contribution in [-0.2, 0) is 21.1 Å². The molecular formula is C46H29N7Pt. The molecule has 0 aliphatic carbocycles. The van der Waals surface area contributed by atoms with Crippen LogP contribution < -0.4 is 4.90 Å².